The third-order valence-electron chi connectivity index (χ3n) is 4.67. The Labute approximate surface area is 180 Å². The molecular formula is C20H22ClN7O2. The molecule has 0 atom stereocenters. The number of nitrogens with zero attached hydrogens (tertiary/aromatic N) is 5. The van der Waals surface area contributed by atoms with E-state index < -0.39 is 0 Å². The van der Waals surface area contributed by atoms with Gasteiger partial charge in [-0.25, -0.2) is 9.97 Å². The Bertz CT molecular complexity index is 1010. The van der Waals surface area contributed by atoms with E-state index in [0.29, 0.717) is 11.6 Å². The van der Waals surface area contributed by atoms with Crippen LogP contribution >= 0.6 is 12.4 Å². The number of morpholine rings is 1. The number of nitrogens with one attached hydrogen (secondary N) is 2. The number of nitriles is 1. The lowest BCUT2D eigenvalue weighted by molar-refractivity contribution is 0.0342. The van der Waals surface area contributed by atoms with E-state index in [1.807, 2.05) is 18.2 Å². The van der Waals surface area contributed by atoms with Gasteiger partial charge < -0.3 is 14.8 Å². The van der Waals surface area contributed by atoms with Crippen LogP contribution in [0, 0.1) is 11.3 Å². The van der Waals surface area contributed by atoms with Gasteiger partial charge in [-0.2, -0.15) is 10.4 Å². The number of halogens is 1. The molecule has 10 heteroatoms. The molecule has 9 nitrogen and oxygen atoms in total. The van der Waals surface area contributed by atoms with E-state index in [2.05, 4.69) is 42.5 Å². The highest BCUT2D eigenvalue weighted by atomic mass is 35.5. The van der Waals surface area contributed by atoms with E-state index >= 15 is 0 Å². The second kappa shape index (κ2) is 10.0. The van der Waals surface area contributed by atoms with E-state index in [1.165, 1.54) is 18.0 Å². The Hall–Kier alpha value is -3.19. The van der Waals surface area contributed by atoms with Gasteiger partial charge in [-0.1, -0.05) is 6.07 Å². The maximum atomic E-state index is 8.80. The van der Waals surface area contributed by atoms with Crippen molar-refractivity contribution in [3.05, 3.63) is 47.9 Å². The summed E-state index contributed by atoms with van der Waals surface area (Å²) in [4.78, 5) is 10.5. The molecule has 0 amide bonds. The fourth-order valence-electron chi connectivity index (χ4n) is 3.18. The Morgan fingerprint density at radius 1 is 1.20 bits per heavy atom. The lowest BCUT2D eigenvalue weighted by atomic mass is 10.1. The maximum absolute atomic E-state index is 8.80. The number of rotatable bonds is 6. The van der Waals surface area contributed by atoms with Crippen LogP contribution in [0.3, 0.4) is 0 Å². The molecule has 1 aromatic carbocycles. The molecule has 0 bridgehead atoms. The number of aromatic nitrogens is 4. The van der Waals surface area contributed by atoms with Crippen LogP contribution in [0.5, 0.6) is 5.75 Å². The second-order valence-electron chi connectivity index (χ2n) is 6.61. The predicted octanol–water partition coefficient (Wildman–Crippen LogP) is 2.74. The SMILES string of the molecule is COc1cc(CN2CCOCC2)ccc1-c1cc(Nc2cnc(C#N)cn2)n[nH]1.Cl. The molecule has 3 heterocycles. The third-order valence-corrected chi connectivity index (χ3v) is 4.67. The van der Waals surface area contributed by atoms with E-state index in [9.17, 15) is 0 Å². The van der Waals surface area contributed by atoms with Gasteiger partial charge in [0.25, 0.3) is 0 Å². The minimum Gasteiger partial charge on any atom is -0.496 e. The highest BCUT2D eigenvalue weighted by molar-refractivity contribution is 5.85. The van der Waals surface area contributed by atoms with Crippen molar-refractivity contribution >= 4 is 24.0 Å². The minimum atomic E-state index is 0. The summed E-state index contributed by atoms with van der Waals surface area (Å²) >= 11 is 0. The van der Waals surface area contributed by atoms with E-state index in [4.69, 9.17) is 14.7 Å². The number of ether oxygens (including phenoxy) is 2. The zero-order valence-electron chi connectivity index (χ0n) is 16.5. The molecule has 1 aliphatic rings. The smallest absolute Gasteiger partial charge is 0.158 e. The largest absolute Gasteiger partial charge is 0.496 e. The van der Waals surface area contributed by atoms with Crippen molar-refractivity contribution in [2.24, 2.45) is 0 Å². The van der Waals surface area contributed by atoms with Gasteiger partial charge in [0, 0.05) is 31.3 Å². The molecular weight excluding hydrogens is 406 g/mol. The van der Waals surface area contributed by atoms with Gasteiger partial charge in [-0.3, -0.25) is 10.00 Å². The average Bonchev–Trinajstić information content (AvgIpc) is 3.23. The number of H-pyrrole nitrogens is 1. The summed E-state index contributed by atoms with van der Waals surface area (Å²) in [5.74, 6) is 1.89. The summed E-state index contributed by atoms with van der Waals surface area (Å²) in [6.45, 7) is 4.31. The van der Waals surface area contributed by atoms with Crippen molar-refractivity contribution in [1.82, 2.24) is 25.1 Å². The topological polar surface area (TPSA) is 112 Å². The van der Waals surface area contributed by atoms with Crippen LogP contribution in [0.15, 0.2) is 36.7 Å². The molecule has 1 aliphatic heterocycles. The Kier molecular flexibility index (Phi) is 7.19. The van der Waals surface area contributed by atoms with Crippen LogP contribution in [-0.4, -0.2) is 58.5 Å². The van der Waals surface area contributed by atoms with Crippen LogP contribution < -0.4 is 10.1 Å². The van der Waals surface area contributed by atoms with Gasteiger partial charge in [0.1, 0.15) is 17.6 Å². The minimum absolute atomic E-state index is 0. The molecule has 0 radical (unpaired) electrons. The quantitative estimate of drug-likeness (QED) is 0.617. The summed E-state index contributed by atoms with van der Waals surface area (Å²) in [6, 6.07) is 10.0. The molecule has 1 saturated heterocycles. The van der Waals surface area contributed by atoms with Gasteiger partial charge in [-0.15, -0.1) is 12.4 Å². The lowest BCUT2D eigenvalue weighted by Crippen LogP contribution is -2.35. The van der Waals surface area contributed by atoms with E-state index in [-0.39, 0.29) is 18.1 Å². The molecule has 0 aliphatic carbocycles. The van der Waals surface area contributed by atoms with Crippen LogP contribution in [-0.2, 0) is 11.3 Å². The monoisotopic (exact) mass is 427 g/mol. The van der Waals surface area contributed by atoms with Gasteiger partial charge in [0.05, 0.1) is 38.4 Å². The molecule has 0 unspecified atom stereocenters. The summed E-state index contributed by atoms with van der Waals surface area (Å²) in [5, 5.41) is 19.2. The molecule has 30 heavy (non-hydrogen) atoms. The maximum Gasteiger partial charge on any atom is 0.158 e. The molecule has 4 rings (SSSR count). The number of hydrogen-bond donors (Lipinski definition) is 2. The summed E-state index contributed by atoms with van der Waals surface area (Å²) in [5.41, 5.74) is 3.20. The normalized spacial score (nSPS) is 13.9. The van der Waals surface area contributed by atoms with Crippen molar-refractivity contribution in [1.29, 1.82) is 5.26 Å². The first-order valence-electron chi connectivity index (χ1n) is 9.27. The van der Waals surface area contributed by atoms with Crippen LogP contribution in [0.4, 0.5) is 11.6 Å². The van der Waals surface area contributed by atoms with Crippen molar-refractivity contribution < 1.29 is 9.47 Å². The summed E-state index contributed by atoms with van der Waals surface area (Å²) in [7, 11) is 1.67. The highest BCUT2D eigenvalue weighted by Gasteiger charge is 2.14. The number of hydrogen-bond acceptors (Lipinski definition) is 8. The standard InChI is InChI=1S/C20H21N7O2.ClH/c1-28-18-8-14(13-27-4-6-29-7-5-27)2-3-16(18)17-9-19(26-25-17)24-20-12-22-15(10-21)11-23-20;/h2-3,8-9,11-12H,4-7,13H2,1H3,(H2,23,24,25,26);1H. The Morgan fingerprint density at radius 2 is 2.03 bits per heavy atom. The van der Waals surface area contributed by atoms with Crippen molar-refractivity contribution in [3.8, 4) is 23.1 Å². The molecule has 2 aromatic heterocycles. The fraction of sp³-hybridized carbons (Fsp3) is 0.300. The van der Waals surface area contributed by atoms with Crippen LogP contribution in [0.1, 0.15) is 11.3 Å². The fourth-order valence-corrected chi connectivity index (χ4v) is 3.18. The first kappa shape index (κ1) is 21.5. The predicted molar refractivity (Wildman–Crippen MR) is 114 cm³/mol. The van der Waals surface area contributed by atoms with Gasteiger partial charge in [0.15, 0.2) is 11.5 Å². The second-order valence-corrected chi connectivity index (χ2v) is 6.61. The summed E-state index contributed by atoms with van der Waals surface area (Å²) < 4.78 is 11.0. The van der Waals surface area contributed by atoms with Crippen molar-refractivity contribution in [2.75, 3.05) is 38.7 Å². The van der Waals surface area contributed by atoms with Gasteiger partial charge in [0.2, 0.25) is 0 Å². The van der Waals surface area contributed by atoms with Crippen LogP contribution in [0.2, 0.25) is 0 Å². The third kappa shape index (κ3) is 5.04. The molecule has 156 valence electrons. The van der Waals surface area contributed by atoms with Crippen molar-refractivity contribution in [3.63, 3.8) is 0 Å². The van der Waals surface area contributed by atoms with E-state index in [1.54, 1.807) is 7.11 Å². The van der Waals surface area contributed by atoms with Gasteiger partial charge in [-0.05, 0) is 17.7 Å². The van der Waals surface area contributed by atoms with Crippen molar-refractivity contribution in [2.45, 2.75) is 6.54 Å². The Balaban J connectivity index is 0.00000256. The highest BCUT2D eigenvalue weighted by Crippen LogP contribution is 2.31. The number of methoxy groups -OCH3 is 1. The lowest BCUT2D eigenvalue weighted by Gasteiger charge is -2.26. The molecule has 3 aromatic rings. The first-order valence-corrected chi connectivity index (χ1v) is 9.27. The number of aromatic amines is 1. The Morgan fingerprint density at radius 3 is 2.73 bits per heavy atom. The van der Waals surface area contributed by atoms with E-state index in [0.717, 1.165) is 49.9 Å². The zero-order valence-corrected chi connectivity index (χ0v) is 17.3. The molecule has 2 N–H and O–H groups in total. The van der Waals surface area contributed by atoms with Gasteiger partial charge >= 0.3 is 0 Å². The average molecular weight is 428 g/mol. The molecule has 1 fully saturated rings. The number of anilines is 2. The zero-order chi connectivity index (χ0) is 20.1. The molecule has 0 saturated carbocycles. The molecule has 0 spiro atoms. The number of benzene rings is 1. The summed E-state index contributed by atoms with van der Waals surface area (Å²) in [6.07, 6.45) is 2.90. The van der Waals surface area contributed by atoms with Crippen LogP contribution in [0.25, 0.3) is 11.3 Å². The first-order chi connectivity index (χ1) is 14.2.